The lowest BCUT2D eigenvalue weighted by molar-refractivity contribution is -0.125. The van der Waals surface area contributed by atoms with Crippen LogP contribution < -0.4 is 15.0 Å². The van der Waals surface area contributed by atoms with E-state index >= 15 is 0 Å². The van der Waals surface area contributed by atoms with Gasteiger partial charge >= 0.3 is 0 Å². The Balaban J connectivity index is 1.27. The zero-order valence-corrected chi connectivity index (χ0v) is 19.2. The van der Waals surface area contributed by atoms with E-state index in [1.165, 1.54) is 11.2 Å². The van der Waals surface area contributed by atoms with Crippen molar-refractivity contribution in [1.82, 2.24) is 20.4 Å². The van der Waals surface area contributed by atoms with E-state index in [2.05, 4.69) is 36.8 Å². The maximum absolute atomic E-state index is 12.6. The van der Waals surface area contributed by atoms with Gasteiger partial charge in [-0.15, -0.1) is 11.3 Å². The highest BCUT2D eigenvalue weighted by Gasteiger charge is 2.28. The summed E-state index contributed by atoms with van der Waals surface area (Å²) in [4.78, 5) is 25.0. The summed E-state index contributed by atoms with van der Waals surface area (Å²) in [6, 6.07) is 11.8. The smallest absolute Gasteiger partial charge is 0.263 e. The number of carbonyl (C=O) groups is 1. The summed E-state index contributed by atoms with van der Waals surface area (Å²) in [6.45, 7) is 2.16. The molecule has 5 rings (SSSR count). The highest BCUT2D eigenvalue weighted by molar-refractivity contribution is 7.09. The van der Waals surface area contributed by atoms with Crippen LogP contribution in [0.3, 0.4) is 0 Å². The molecule has 0 unspecified atom stereocenters. The number of carbonyl (C=O) groups excluding carboxylic acids is 1. The molecule has 3 aromatic heterocycles. The number of benzene rings is 1. The Bertz CT molecular complexity index is 1210. The van der Waals surface area contributed by atoms with E-state index in [-0.39, 0.29) is 11.8 Å². The van der Waals surface area contributed by atoms with E-state index in [4.69, 9.17) is 9.26 Å². The number of methoxy groups -OCH3 is 1. The Kier molecular flexibility index (Phi) is 6.21. The van der Waals surface area contributed by atoms with Crippen LogP contribution in [0.15, 0.2) is 52.6 Å². The number of nitrogens with zero attached hydrogens (tertiary/aromatic N) is 4. The summed E-state index contributed by atoms with van der Waals surface area (Å²) in [5.74, 6) is 1.73. The Morgan fingerprint density at radius 2 is 2.03 bits per heavy atom. The van der Waals surface area contributed by atoms with Gasteiger partial charge in [-0.1, -0.05) is 11.2 Å². The number of ether oxygens (including phenoxy) is 1. The molecule has 1 saturated heterocycles. The summed E-state index contributed by atoms with van der Waals surface area (Å²) in [5.41, 5.74) is 2.07. The SMILES string of the molecule is COc1ccc(-c2noc3ncnc(N4CCC(C(=O)NCCc5cccs5)CC4)c23)cc1. The molecule has 4 heterocycles. The van der Waals surface area contributed by atoms with Crippen molar-refractivity contribution < 1.29 is 14.1 Å². The lowest BCUT2D eigenvalue weighted by Crippen LogP contribution is -2.41. The molecule has 0 atom stereocenters. The van der Waals surface area contributed by atoms with Crippen molar-refractivity contribution in [1.29, 1.82) is 0 Å². The molecular weight excluding hydrogens is 438 g/mol. The Morgan fingerprint density at radius 1 is 1.21 bits per heavy atom. The van der Waals surface area contributed by atoms with Crippen LogP contribution >= 0.6 is 11.3 Å². The van der Waals surface area contributed by atoms with Crippen LogP contribution in [0.5, 0.6) is 5.75 Å². The Hall–Kier alpha value is -3.46. The first-order chi connectivity index (χ1) is 16.2. The monoisotopic (exact) mass is 463 g/mol. The molecule has 0 aliphatic carbocycles. The minimum atomic E-state index is 0.0189. The predicted molar refractivity (Wildman–Crippen MR) is 128 cm³/mol. The molecule has 4 aromatic rings. The first kappa shape index (κ1) is 21.4. The van der Waals surface area contributed by atoms with Crippen molar-refractivity contribution in [2.24, 2.45) is 5.92 Å². The van der Waals surface area contributed by atoms with Crippen molar-refractivity contribution in [3.63, 3.8) is 0 Å². The minimum Gasteiger partial charge on any atom is -0.497 e. The fraction of sp³-hybridized carbons (Fsp3) is 0.333. The molecule has 0 spiro atoms. The van der Waals surface area contributed by atoms with Crippen molar-refractivity contribution in [3.8, 4) is 17.0 Å². The van der Waals surface area contributed by atoms with E-state index in [9.17, 15) is 4.79 Å². The largest absolute Gasteiger partial charge is 0.497 e. The van der Waals surface area contributed by atoms with Crippen molar-refractivity contribution >= 4 is 34.2 Å². The van der Waals surface area contributed by atoms with Gasteiger partial charge in [0.25, 0.3) is 5.71 Å². The second-order valence-electron chi connectivity index (χ2n) is 8.02. The predicted octanol–water partition coefficient (Wildman–Crippen LogP) is 3.93. The van der Waals surface area contributed by atoms with Crippen LogP contribution in [0.4, 0.5) is 5.82 Å². The van der Waals surface area contributed by atoms with Gasteiger partial charge in [0, 0.05) is 36.0 Å². The zero-order chi connectivity index (χ0) is 22.6. The summed E-state index contributed by atoms with van der Waals surface area (Å²) >= 11 is 1.72. The molecule has 9 heteroatoms. The highest BCUT2D eigenvalue weighted by atomic mass is 32.1. The average molecular weight is 464 g/mol. The highest BCUT2D eigenvalue weighted by Crippen LogP contribution is 2.35. The molecule has 170 valence electrons. The van der Waals surface area contributed by atoms with E-state index < -0.39 is 0 Å². The molecule has 1 aromatic carbocycles. The van der Waals surface area contributed by atoms with Crippen LogP contribution in [0.2, 0.25) is 0 Å². The molecule has 8 nitrogen and oxygen atoms in total. The fourth-order valence-corrected chi connectivity index (χ4v) is 4.93. The van der Waals surface area contributed by atoms with Gasteiger partial charge in [-0.25, -0.2) is 4.98 Å². The van der Waals surface area contributed by atoms with Gasteiger partial charge < -0.3 is 19.5 Å². The Morgan fingerprint density at radius 3 is 2.76 bits per heavy atom. The van der Waals surface area contributed by atoms with Crippen LogP contribution in [-0.2, 0) is 11.2 Å². The molecule has 1 amide bonds. The molecule has 1 fully saturated rings. The molecule has 1 aliphatic heterocycles. The molecule has 0 radical (unpaired) electrons. The average Bonchev–Trinajstić information content (AvgIpc) is 3.54. The molecular formula is C24H25N5O3S. The summed E-state index contributed by atoms with van der Waals surface area (Å²) < 4.78 is 10.8. The van der Waals surface area contributed by atoms with Crippen molar-refractivity contribution in [2.75, 3.05) is 31.6 Å². The number of rotatable bonds is 7. The standard InChI is InChI=1S/C24H25N5O3S/c1-31-18-6-4-16(5-7-18)21-20-22(26-15-27-24(20)32-28-21)29-12-9-17(10-13-29)23(30)25-11-8-19-3-2-14-33-19/h2-7,14-15,17H,8-13H2,1H3,(H,25,30). The van der Waals surface area contributed by atoms with E-state index in [1.54, 1.807) is 18.4 Å². The quantitative estimate of drug-likeness (QED) is 0.444. The zero-order valence-electron chi connectivity index (χ0n) is 18.4. The number of aromatic nitrogens is 3. The molecule has 1 aliphatic rings. The third kappa shape index (κ3) is 4.54. The third-order valence-corrected chi connectivity index (χ3v) is 6.97. The molecule has 33 heavy (non-hydrogen) atoms. The number of amides is 1. The first-order valence-electron chi connectivity index (χ1n) is 11.0. The van der Waals surface area contributed by atoms with Crippen LogP contribution in [0.25, 0.3) is 22.4 Å². The van der Waals surface area contributed by atoms with E-state index in [0.717, 1.165) is 54.9 Å². The number of thiophene rings is 1. The van der Waals surface area contributed by atoms with Gasteiger partial charge in [-0.05, 0) is 55.0 Å². The normalized spacial score (nSPS) is 14.5. The van der Waals surface area contributed by atoms with Crippen molar-refractivity contribution in [3.05, 3.63) is 53.0 Å². The lowest BCUT2D eigenvalue weighted by atomic mass is 9.95. The van der Waals surface area contributed by atoms with Gasteiger partial charge in [0.1, 0.15) is 29.0 Å². The summed E-state index contributed by atoms with van der Waals surface area (Å²) in [7, 11) is 1.64. The maximum Gasteiger partial charge on any atom is 0.263 e. The van der Waals surface area contributed by atoms with E-state index in [0.29, 0.717) is 18.0 Å². The maximum atomic E-state index is 12.6. The topological polar surface area (TPSA) is 93.4 Å². The number of nitrogens with one attached hydrogen (secondary N) is 1. The molecule has 0 bridgehead atoms. The van der Waals surface area contributed by atoms with E-state index in [1.807, 2.05) is 30.3 Å². The fourth-order valence-electron chi connectivity index (χ4n) is 4.22. The number of piperidine rings is 1. The first-order valence-corrected chi connectivity index (χ1v) is 11.9. The van der Waals surface area contributed by atoms with Gasteiger partial charge in [-0.3, -0.25) is 4.79 Å². The second-order valence-corrected chi connectivity index (χ2v) is 9.05. The number of fused-ring (bicyclic) bond motifs is 1. The number of anilines is 1. The van der Waals surface area contributed by atoms with Crippen LogP contribution in [0, 0.1) is 5.92 Å². The lowest BCUT2D eigenvalue weighted by Gasteiger charge is -2.32. The number of hydrogen-bond acceptors (Lipinski definition) is 8. The minimum absolute atomic E-state index is 0.0189. The van der Waals surface area contributed by atoms with Crippen molar-refractivity contribution in [2.45, 2.75) is 19.3 Å². The van der Waals surface area contributed by atoms with Crippen LogP contribution in [0.1, 0.15) is 17.7 Å². The second kappa shape index (κ2) is 9.58. The van der Waals surface area contributed by atoms with Gasteiger partial charge in [0.2, 0.25) is 5.91 Å². The van der Waals surface area contributed by atoms with Crippen LogP contribution in [-0.4, -0.2) is 47.8 Å². The molecule has 1 N–H and O–H groups in total. The Labute approximate surface area is 195 Å². The van der Waals surface area contributed by atoms with Gasteiger partial charge in [0.15, 0.2) is 0 Å². The summed E-state index contributed by atoms with van der Waals surface area (Å²) in [6.07, 6.45) is 3.94. The van der Waals surface area contributed by atoms with Gasteiger partial charge in [-0.2, -0.15) is 4.98 Å². The summed E-state index contributed by atoms with van der Waals surface area (Å²) in [5, 5.41) is 10.2. The third-order valence-electron chi connectivity index (χ3n) is 6.03. The van der Waals surface area contributed by atoms with Gasteiger partial charge in [0.05, 0.1) is 7.11 Å². The molecule has 0 saturated carbocycles. The number of hydrogen-bond donors (Lipinski definition) is 1.